The van der Waals surface area contributed by atoms with Gasteiger partial charge >= 0.3 is 0 Å². The van der Waals surface area contributed by atoms with E-state index in [9.17, 15) is 0 Å². The molecule has 132 valence electrons. The summed E-state index contributed by atoms with van der Waals surface area (Å²) in [6.45, 7) is 15.5. The van der Waals surface area contributed by atoms with Crippen molar-refractivity contribution < 1.29 is 28.4 Å². The average molecular weight is 320 g/mol. The van der Waals surface area contributed by atoms with Crippen molar-refractivity contribution in [3.05, 3.63) is 0 Å². The Balaban J connectivity index is 2.83. The number of ether oxygens (including phenoxy) is 6. The number of hydrogen-bond donors (Lipinski definition) is 0. The van der Waals surface area contributed by atoms with Gasteiger partial charge in [-0.05, 0) is 55.4 Å². The molecule has 0 amide bonds. The normalized spacial score (nSPS) is 30.0. The van der Waals surface area contributed by atoms with Crippen molar-refractivity contribution in [2.45, 2.75) is 105 Å². The highest BCUT2D eigenvalue weighted by Gasteiger charge is 2.43. The fourth-order valence-corrected chi connectivity index (χ4v) is 1.98. The molecule has 1 fully saturated rings. The highest BCUT2D eigenvalue weighted by atomic mass is 16.9. The fraction of sp³-hybridized carbons (Fsp3) is 1.00. The third-order valence-electron chi connectivity index (χ3n) is 2.61. The third kappa shape index (κ3) is 6.89. The van der Waals surface area contributed by atoms with E-state index in [2.05, 4.69) is 0 Å². The van der Waals surface area contributed by atoms with Crippen LogP contribution in [0.25, 0.3) is 0 Å². The maximum absolute atomic E-state index is 5.92. The first-order chi connectivity index (χ1) is 10.2. The van der Waals surface area contributed by atoms with Gasteiger partial charge in [-0.1, -0.05) is 0 Å². The predicted octanol–water partition coefficient (Wildman–Crippen LogP) is 3.04. The minimum absolute atomic E-state index is 0.0193. The lowest BCUT2D eigenvalue weighted by molar-refractivity contribution is -0.450. The van der Waals surface area contributed by atoms with Gasteiger partial charge in [-0.2, -0.15) is 0 Å². The van der Waals surface area contributed by atoms with Crippen molar-refractivity contribution in [2.24, 2.45) is 0 Å². The topological polar surface area (TPSA) is 55.4 Å². The molecule has 22 heavy (non-hydrogen) atoms. The predicted molar refractivity (Wildman–Crippen MR) is 82.2 cm³/mol. The summed E-state index contributed by atoms with van der Waals surface area (Å²) in [5.74, 6) is 0. The van der Waals surface area contributed by atoms with Crippen molar-refractivity contribution in [1.29, 1.82) is 0 Å². The Morgan fingerprint density at radius 2 is 0.636 bits per heavy atom. The van der Waals surface area contributed by atoms with E-state index in [1.54, 1.807) is 0 Å². The van der Waals surface area contributed by atoms with Crippen molar-refractivity contribution in [2.75, 3.05) is 0 Å². The SMILES string of the molecule is CC(C)O[C@@H]1O[C@@H](OC(C)C)[C@@H](OC(C)C)O[C@H]1OC(C)C. The van der Waals surface area contributed by atoms with Crippen LogP contribution in [0.4, 0.5) is 0 Å². The van der Waals surface area contributed by atoms with E-state index in [-0.39, 0.29) is 24.4 Å². The van der Waals surface area contributed by atoms with E-state index in [1.807, 2.05) is 55.4 Å². The molecule has 1 aliphatic rings. The Morgan fingerprint density at radius 3 is 0.773 bits per heavy atom. The summed E-state index contributed by atoms with van der Waals surface area (Å²) in [7, 11) is 0. The first-order valence-electron chi connectivity index (χ1n) is 8.11. The molecular formula is C16H32O6. The van der Waals surface area contributed by atoms with Crippen LogP contribution in [0.3, 0.4) is 0 Å². The standard InChI is InChI=1S/C16H32O6/c1-9(2)17-13-14(18-10(3)4)22-16(20-12(7)8)15(21-13)19-11(5)6/h9-16H,1-8H3/t13-,14-,15-,16+/m1/s1. The first-order valence-corrected chi connectivity index (χ1v) is 8.11. The molecule has 4 atom stereocenters. The first kappa shape index (κ1) is 19.8. The Kier molecular flexibility index (Phi) is 8.24. The molecule has 1 rings (SSSR count). The van der Waals surface area contributed by atoms with E-state index < -0.39 is 25.2 Å². The molecule has 6 nitrogen and oxygen atoms in total. The van der Waals surface area contributed by atoms with Gasteiger partial charge < -0.3 is 28.4 Å². The highest BCUT2D eigenvalue weighted by Crippen LogP contribution is 2.27. The van der Waals surface area contributed by atoms with E-state index in [4.69, 9.17) is 28.4 Å². The van der Waals surface area contributed by atoms with Crippen LogP contribution in [-0.4, -0.2) is 49.6 Å². The van der Waals surface area contributed by atoms with Gasteiger partial charge in [0, 0.05) is 0 Å². The van der Waals surface area contributed by atoms with Gasteiger partial charge in [-0.15, -0.1) is 0 Å². The van der Waals surface area contributed by atoms with Gasteiger partial charge in [0.15, 0.2) is 0 Å². The summed E-state index contributed by atoms with van der Waals surface area (Å²) < 4.78 is 34.9. The Hall–Kier alpha value is -0.240. The lowest BCUT2D eigenvalue weighted by Crippen LogP contribution is -2.55. The minimum Gasteiger partial charge on any atom is -0.345 e. The van der Waals surface area contributed by atoms with Crippen molar-refractivity contribution in [3.8, 4) is 0 Å². The Bertz CT molecular complexity index is 247. The van der Waals surface area contributed by atoms with Gasteiger partial charge in [0.25, 0.3) is 0 Å². The smallest absolute Gasteiger partial charge is 0.212 e. The van der Waals surface area contributed by atoms with Crippen LogP contribution in [-0.2, 0) is 28.4 Å². The second-order valence-corrected chi connectivity index (χ2v) is 6.49. The molecule has 0 aromatic heterocycles. The molecule has 0 radical (unpaired) electrons. The largest absolute Gasteiger partial charge is 0.345 e. The molecule has 0 bridgehead atoms. The van der Waals surface area contributed by atoms with E-state index >= 15 is 0 Å². The minimum atomic E-state index is -0.654. The molecule has 0 saturated carbocycles. The van der Waals surface area contributed by atoms with Crippen LogP contribution in [0.15, 0.2) is 0 Å². The zero-order valence-electron chi connectivity index (χ0n) is 15.1. The molecular weight excluding hydrogens is 288 g/mol. The van der Waals surface area contributed by atoms with E-state index in [0.717, 1.165) is 0 Å². The van der Waals surface area contributed by atoms with Gasteiger partial charge in [0.1, 0.15) is 0 Å². The summed E-state index contributed by atoms with van der Waals surface area (Å²) >= 11 is 0. The molecule has 1 heterocycles. The Morgan fingerprint density at radius 1 is 0.455 bits per heavy atom. The van der Waals surface area contributed by atoms with Gasteiger partial charge in [0.2, 0.25) is 25.2 Å². The number of hydrogen-bond acceptors (Lipinski definition) is 6. The quantitative estimate of drug-likeness (QED) is 0.685. The second-order valence-electron chi connectivity index (χ2n) is 6.49. The van der Waals surface area contributed by atoms with E-state index in [0.29, 0.717) is 0 Å². The fourth-order valence-electron chi connectivity index (χ4n) is 1.98. The average Bonchev–Trinajstić information content (AvgIpc) is 2.31. The molecule has 0 aliphatic carbocycles. The molecule has 0 aromatic carbocycles. The van der Waals surface area contributed by atoms with Crippen LogP contribution < -0.4 is 0 Å². The van der Waals surface area contributed by atoms with Crippen LogP contribution >= 0.6 is 0 Å². The second kappa shape index (κ2) is 9.15. The van der Waals surface area contributed by atoms with E-state index in [1.165, 1.54) is 0 Å². The lowest BCUT2D eigenvalue weighted by atomic mass is 10.4. The molecule has 0 spiro atoms. The zero-order valence-corrected chi connectivity index (χ0v) is 15.1. The number of rotatable bonds is 8. The monoisotopic (exact) mass is 320 g/mol. The zero-order chi connectivity index (χ0) is 16.9. The summed E-state index contributed by atoms with van der Waals surface area (Å²) in [4.78, 5) is 0. The van der Waals surface area contributed by atoms with Crippen LogP contribution in [0, 0.1) is 0 Å². The molecule has 1 aliphatic heterocycles. The lowest BCUT2D eigenvalue weighted by Gasteiger charge is -2.42. The van der Waals surface area contributed by atoms with Crippen LogP contribution in [0.5, 0.6) is 0 Å². The summed E-state index contributed by atoms with van der Waals surface area (Å²) in [5.41, 5.74) is 0. The molecule has 0 unspecified atom stereocenters. The third-order valence-corrected chi connectivity index (χ3v) is 2.61. The van der Waals surface area contributed by atoms with Crippen molar-refractivity contribution in [1.82, 2.24) is 0 Å². The van der Waals surface area contributed by atoms with Crippen molar-refractivity contribution in [3.63, 3.8) is 0 Å². The van der Waals surface area contributed by atoms with Crippen LogP contribution in [0.2, 0.25) is 0 Å². The van der Waals surface area contributed by atoms with Crippen LogP contribution in [0.1, 0.15) is 55.4 Å². The Labute approximate surface area is 134 Å². The summed E-state index contributed by atoms with van der Waals surface area (Å²) in [6, 6.07) is 0. The van der Waals surface area contributed by atoms with Gasteiger partial charge in [0.05, 0.1) is 24.4 Å². The molecule has 1 saturated heterocycles. The molecule has 0 N–H and O–H groups in total. The summed E-state index contributed by atoms with van der Waals surface area (Å²) in [5, 5.41) is 0. The maximum atomic E-state index is 5.92. The van der Waals surface area contributed by atoms with Gasteiger partial charge in [-0.25, -0.2) is 0 Å². The maximum Gasteiger partial charge on any atom is 0.212 e. The highest BCUT2D eigenvalue weighted by molar-refractivity contribution is 4.68. The van der Waals surface area contributed by atoms with Gasteiger partial charge in [-0.3, -0.25) is 0 Å². The molecule has 0 aromatic rings. The van der Waals surface area contributed by atoms with Crippen molar-refractivity contribution >= 4 is 0 Å². The summed E-state index contributed by atoms with van der Waals surface area (Å²) in [6.07, 6.45) is -2.70. The molecule has 6 heteroatoms.